The second kappa shape index (κ2) is 10.4. The Morgan fingerprint density at radius 3 is 2.20 bits per heavy atom. The molecule has 0 spiro atoms. The molecular weight excluding hydrogens is 380 g/mol. The molecule has 2 aromatic carbocycles. The Morgan fingerprint density at radius 1 is 0.967 bits per heavy atom. The molecular formula is C24H28N2O4. The van der Waals surface area contributed by atoms with Crippen molar-refractivity contribution < 1.29 is 19.8 Å². The molecule has 0 atom stereocenters. The van der Waals surface area contributed by atoms with Gasteiger partial charge in [0.05, 0.1) is 5.52 Å². The number of aryl methyl sites for hydroxylation is 1. The number of hydrogen-bond donors (Lipinski definition) is 2. The first-order chi connectivity index (χ1) is 14.2. The van der Waals surface area contributed by atoms with Crippen LogP contribution in [0.5, 0.6) is 0 Å². The monoisotopic (exact) mass is 408 g/mol. The first-order valence-corrected chi connectivity index (χ1v) is 9.65. The molecule has 1 heterocycles. The minimum Gasteiger partial charge on any atom is -0.478 e. The van der Waals surface area contributed by atoms with E-state index in [2.05, 4.69) is 86.1 Å². The molecule has 0 unspecified atom stereocenters. The fraction of sp³-hybridized carbons (Fsp3) is 0.250. The maximum absolute atomic E-state index is 9.55. The van der Waals surface area contributed by atoms with Gasteiger partial charge in [0.1, 0.15) is 0 Å². The average Bonchev–Trinajstić information content (AvgIpc) is 3.06. The van der Waals surface area contributed by atoms with E-state index in [-0.39, 0.29) is 0 Å². The highest BCUT2D eigenvalue weighted by Crippen LogP contribution is 2.27. The van der Waals surface area contributed by atoms with Crippen molar-refractivity contribution in [2.24, 2.45) is 0 Å². The second-order valence-electron chi connectivity index (χ2n) is 7.32. The van der Waals surface area contributed by atoms with Gasteiger partial charge in [-0.1, -0.05) is 30.3 Å². The van der Waals surface area contributed by atoms with Crippen LogP contribution in [0.4, 0.5) is 0 Å². The van der Waals surface area contributed by atoms with Gasteiger partial charge in [-0.2, -0.15) is 0 Å². The summed E-state index contributed by atoms with van der Waals surface area (Å²) in [5, 5.41) is 17.0. The van der Waals surface area contributed by atoms with E-state index < -0.39 is 11.9 Å². The van der Waals surface area contributed by atoms with Crippen LogP contribution in [0.2, 0.25) is 0 Å². The van der Waals surface area contributed by atoms with E-state index in [1.54, 1.807) is 0 Å². The van der Waals surface area contributed by atoms with Crippen LogP contribution in [0.25, 0.3) is 16.6 Å². The highest BCUT2D eigenvalue weighted by molar-refractivity contribution is 5.89. The minimum absolute atomic E-state index is 0.558. The number of para-hydroxylation sites is 1. The summed E-state index contributed by atoms with van der Waals surface area (Å²) in [6.07, 6.45) is 4.51. The second-order valence-corrected chi connectivity index (χ2v) is 7.32. The smallest absolute Gasteiger partial charge is 0.328 e. The zero-order chi connectivity index (χ0) is 22.3. The molecule has 1 aromatic heterocycles. The normalized spacial score (nSPS) is 11.0. The third-order valence-corrected chi connectivity index (χ3v) is 4.83. The Kier molecular flexibility index (Phi) is 7.95. The van der Waals surface area contributed by atoms with Crippen molar-refractivity contribution in [1.82, 2.24) is 9.47 Å². The molecule has 0 aliphatic rings. The van der Waals surface area contributed by atoms with Crippen LogP contribution in [0.1, 0.15) is 16.7 Å². The molecule has 0 saturated heterocycles. The van der Waals surface area contributed by atoms with E-state index >= 15 is 0 Å². The van der Waals surface area contributed by atoms with Gasteiger partial charge in [0.15, 0.2) is 0 Å². The van der Waals surface area contributed by atoms with Gasteiger partial charge in [-0.3, -0.25) is 0 Å². The Labute approximate surface area is 176 Å². The summed E-state index contributed by atoms with van der Waals surface area (Å²) in [6.45, 7) is 5.46. The summed E-state index contributed by atoms with van der Waals surface area (Å²) >= 11 is 0. The average molecular weight is 408 g/mol. The van der Waals surface area contributed by atoms with E-state index in [1.165, 1.54) is 33.3 Å². The number of hydrogen-bond acceptors (Lipinski definition) is 3. The van der Waals surface area contributed by atoms with Crippen molar-refractivity contribution in [3.8, 4) is 5.69 Å². The Hall–Kier alpha value is -3.38. The SMILES string of the molecule is Cc1cccc(-n2cc(CCN(C)C)c3ccccc32)c1C.O=C(O)/C=C/C(=O)O. The van der Waals surface area contributed by atoms with Crippen LogP contribution in [-0.4, -0.2) is 52.3 Å². The Bertz CT molecular complexity index is 1050. The lowest BCUT2D eigenvalue weighted by Crippen LogP contribution is -2.14. The largest absolute Gasteiger partial charge is 0.478 e. The number of rotatable bonds is 6. The Balaban J connectivity index is 0.000000343. The number of aromatic nitrogens is 1. The van der Waals surface area contributed by atoms with Crippen LogP contribution >= 0.6 is 0 Å². The third-order valence-electron chi connectivity index (χ3n) is 4.83. The molecule has 0 aliphatic carbocycles. The number of carboxylic acids is 2. The summed E-state index contributed by atoms with van der Waals surface area (Å²) < 4.78 is 2.35. The highest BCUT2D eigenvalue weighted by Gasteiger charge is 2.11. The standard InChI is InChI=1S/C20H24N2.C4H4O4/c1-15-8-7-11-19(16(15)2)22-14-17(12-13-21(3)4)18-9-5-6-10-20(18)22;5-3(6)1-2-4(7)8/h5-11,14H,12-13H2,1-4H3;1-2H,(H,5,6)(H,7,8)/b;2-1+. The van der Waals surface area contributed by atoms with Gasteiger partial charge in [0.2, 0.25) is 0 Å². The van der Waals surface area contributed by atoms with Crippen LogP contribution in [0.15, 0.2) is 60.8 Å². The van der Waals surface area contributed by atoms with Gasteiger partial charge in [0.25, 0.3) is 0 Å². The van der Waals surface area contributed by atoms with Crippen LogP contribution in [-0.2, 0) is 16.0 Å². The van der Waals surface area contributed by atoms with Crippen molar-refractivity contribution in [1.29, 1.82) is 0 Å². The summed E-state index contributed by atoms with van der Waals surface area (Å²) in [4.78, 5) is 21.3. The number of nitrogens with zero attached hydrogens (tertiary/aromatic N) is 2. The summed E-state index contributed by atoms with van der Waals surface area (Å²) in [5.41, 5.74) is 6.69. The number of likely N-dealkylation sites (N-methyl/N-ethyl adjacent to an activating group) is 1. The zero-order valence-electron chi connectivity index (χ0n) is 17.8. The number of carbonyl (C=O) groups is 2. The summed E-state index contributed by atoms with van der Waals surface area (Å²) in [6, 6.07) is 15.3. The molecule has 0 bridgehead atoms. The quantitative estimate of drug-likeness (QED) is 0.601. The molecule has 0 saturated carbocycles. The lowest BCUT2D eigenvalue weighted by molar-refractivity contribution is -0.134. The van der Waals surface area contributed by atoms with Crippen molar-refractivity contribution in [3.63, 3.8) is 0 Å². The van der Waals surface area contributed by atoms with Crippen LogP contribution in [0.3, 0.4) is 0 Å². The molecule has 6 heteroatoms. The van der Waals surface area contributed by atoms with Crippen LogP contribution < -0.4 is 0 Å². The van der Waals surface area contributed by atoms with E-state index in [0.717, 1.165) is 13.0 Å². The minimum atomic E-state index is -1.26. The lowest BCUT2D eigenvalue weighted by Gasteiger charge is -2.11. The molecule has 0 fully saturated rings. The number of carboxylic acid groups (broad SMARTS) is 2. The van der Waals surface area contributed by atoms with Crippen molar-refractivity contribution >= 4 is 22.8 Å². The van der Waals surface area contributed by atoms with Gasteiger partial charge in [-0.25, -0.2) is 9.59 Å². The van der Waals surface area contributed by atoms with Crippen molar-refractivity contribution in [2.45, 2.75) is 20.3 Å². The zero-order valence-corrected chi connectivity index (χ0v) is 17.8. The maximum atomic E-state index is 9.55. The van der Waals surface area contributed by atoms with E-state index in [4.69, 9.17) is 10.2 Å². The molecule has 0 aliphatic heterocycles. The summed E-state index contributed by atoms with van der Waals surface area (Å²) in [5.74, 6) is -2.51. The summed E-state index contributed by atoms with van der Waals surface area (Å²) in [7, 11) is 4.26. The van der Waals surface area contributed by atoms with Gasteiger partial charge in [-0.05, 0) is 63.2 Å². The maximum Gasteiger partial charge on any atom is 0.328 e. The predicted molar refractivity (Wildman–Crippen MR) is 119 cm³/mol. The molecule has 0 radical (unpaired) electrons. The number of fused-ring (bicyclic) bond motifs is 1. The van der Waals surface area contributed by atoms with E-state index in [9.17, 15) is 9.59 Å². The van der Waals surface area contributed by atoms with Gasteiger partial charge in [0, 0.05) is 36.0 Å². The predicted octanol–water partition coefficient (Wildman–Crippen LogP) is 4.06. The molecule has 0 amide bonds. The lowest BCUT2D eigenvalue weighted by atomic mass is 10.1. The third kappa shape index (κ3) is 6.06. The van der Waals surface area contributed by atoms with Gasteiger partial charge >= 0.3 is 11.9 Å². The van der Waals surface area contributed by atoms with Gasteiger partial charge < -0.3 is 19.7 Å². The number of benzene rings is 2. The van der Waals surface area contributed by atoms with E-state index in [0.29, 0.717) is 12.2 Å². The number of aliphatic carboxylic acids is 2. The fourth-order valence-corrected chi connectivity index (χ4v) is 3.13. The molecule has 3 rings (SSSR count). The molecule has 30 heavy (non-hydrogen) atoms. The van der Waals surface area contributed by atoms with Gasteiger partial charge in [-0.15, -0.1) is 0 Å². The first-order valence-electron chi connectivity index (χ1n) is 9.65. The van der Waals surface area contributed by atoms with E-state index in [1.807, 2.05) is 0 Å². The topological polar surface area (TPSA) is 82.8 Å². The highest BCUT2D eigenvalue weighted by atomic mass is 16.4. The van der Waals surface area contributed by atoms with Crippen molar-refractivity contribution in [3.05, 3.63) is 77.5 Å². The molecule has 6 nitrogen and oxygen atoms in total. The van der Waals surface area contributed by atoms with Crippen molar-refractivity contribution in [2.75, 3.05) is 20.6 Å². The fourth-order valence-electron chi connectivity index (χ4n) is 3.13. The van der Waals surface area contributed by atoms with Crippen LogP contribution in [0, 0.1) is 13.8 Å². The molecule has 3 aromatic rings. The molecule has 158 valence electrons. The molecule has 2 N–H and O–H groups in total. The Morgan fingerprint density at radius 2 is 1.60 bits per heavy atom. The first kappa shape index (κ1) is 22.9.